The summed E-state index contributed by atoms with van der Waals surface area (Å²) in [5.41, 5.74) is -0.702. The molecule has 1 rings (SSSR count). The Morgan fingerprint density at radius 3 is 1.92 bits per heavy atom. The van der Waals surface area contributed by atoms with E-state index in [1.807, 2.05) is 30.3 Å². The number of hydrogen-bond acceptors (Lipinski definition) is 5. The van der Waals surface area contributed by atoms with Crippen LogP contribution in [0.2, 0.25) is 0 Å². The molecule has 0 spiro atoms. The van der Waals surface area contributed by atoms with E-state index in [-0.39, 0.29) is 6.42 Å². The molecule has 25 heavy (non-hydrogen) atoms. The van der Waals surface area contributed by atoms with Crippen LogP contribution >= 0.6 is 0 Å². The number of Topliss-reactive ketones (excluding diaryl/α,β-unsaturated/α-hetero) is 1. The molecule has 0 bridgehead atoms. The average Bonchev–Trinajstić information content (AvgIpc) is 2.43. The summed E-state index contributed by atoms with van der Waals surface area (Å²) in [5, 5.41) is 2.48. The number of carbonyl (C=O) groups excluding carboxylic acids is 3. The standard InChI is InChI=1S/C19H27NO5/c1-18(2,3)24-16(22)15(21)14(12-13-10-8-7-9-11-13)20-17(23)25-19(4,5)6/h7-11,14H,12H2,1-6H3,(H,20,23)/t14-/m1/s1. The van der Waals surface area contributed by atoms with Gasteiger partial charge in [0.05, 0.1) is 0 Å². The highest BCUT2D eigenvalue weighted by Crippen LogP contribution is 2.12. The van der Waals surface area contributed by atoms with Crippen LogP contribution < -0.4 is 5.32 Å². The molecule has 1 N–H and O–H groups in total. The summed E-state index contributed by atoms with van der Waals surface area (Å²) in [4.78, 5) is 36.6. The Hall–Kier alpha value is -2.37. The number of carbonyl (C=O) groups is 3. The maximum Gasteiger partial charge on any atom is 0.408 e. The van der Waals surface area contributed by atoms with E-state index in [1.165, 1.54) is 0 Å². The number of amides is 1. The normalized spacial score (nSPS) is 12.9. The van der Waals surface area contributed by atoms with Crippen LogP contribution in [-0.4, -0.2) is 35.1 Å². The zero-order chi connectivity index (χ0) is 19.3. The van der Waals surface area contributed by atoms with Gasteiger partial charge in [-0.2, -0.15) is 0 Å². The highest BCUT2D eigenvalue weighted by molar-refractivity contribution is 6.36. The van der Waals surface area contributed by atoms with Gasteiger partial charge in [-0.05, 0) is 47.1 Å². The Balaban J connectivity index is 2.92. The Bertz CT molecular complexity index is 611. The van der Waals surface area contributed by atoms with E-state index >= 15 is 0 Å². The quantitative estimate of drug-likeness (QED) is 0.653. The maximum absolute atomic E-state index is 12.5. The van der Waals surface area contributed by atoms with Gasteiger partial charge in [-0.1, -0.05) is 30.3 Å². The fourth-order valence-electron chi connectivity index (χ4n) is 1.98. The van der Waals surface area contributed by atoms with Crippen molar-refractivity contribution in [2.45, 2.75) is 65.2 Å². The van der Waals surface area contributed by atoms with Crippen molar-refractivity contribution in [1.29, 1.82) is 0 Å². The number of nitrogens with one attached hydrogen (secondary N) is 1. The predicted molar refractivity (Wildman–Crippen MR) is 94.2 cm³/mol. The van der Waals surface area contributed by atoms with E-state index in [4.69, 9.17) is 9.47 Å². The highest BCUT2D eigenvalue weighted by Gasteiger charge is 2.32. The first kappa shape index (κ1) is 20.7. The Kier molecular flexibility index (Phi) is 6.73. The van der Waals surface area contributed by atoms with E-state index in [0.29, 0.717) is 0 Å². The molecule has 0 aliphatic heterocycles. The van der Waals surface area contributed by atoms with E-state index < -0.39 is 35.1 Å². The molecular weight excluding hydrogens is 322 g/mol. The van der Waals surface area contributed by atoms with Gasteiger partial charge in [0.15, 0.2) is 0 Å². The molecule has 0 saturated heterocycles. The molecule has 0 unspecified atom stereocenters. The van der Waals surface area contributed by atoms with E-state index in [9.17, 15) is 14.4 Å². The molecule has 0 aliphatic rings. The van der Waals surface area contributed by atoms with Crippen molar-refractivity contribution in [3.8, 4) is 0 Å². The summed E-state index contributed by atoms with van der Waals surface area (Å²) in [7, 11) is 0. The van der Waals surface area contributed by atoms with Crippen LogP contribution in [-0.2, 0) is 25.5 Å². The number of hydrogen-bond donors (Lipinski definition) is 1. The molecule has 1 atom stereocenters. The molecule has 0 radical (unpaired) electrons. The van der Waals surface area contributed by atoms with E-state index in [1.54, 1.807) is 41.5 Å². The molecule has 1 aromatic carbocycles. The zero-order valence-electron chi connectivity index (χ0n) is 15.7. The first-order valence-corrected chi connectivity index (χ1v) is 8.18. The van der Waals surface area contributed by atoms with Crippen molar-refractivity contribution < 1.29 is 23.9 Å². The largest absolute Gasteiger partial charge is 0.454 e. The van der Waals surface area contributed by atoms with Gasteiger partial charge in [-0.3, -0.25) is 4.79 Å². The second kappa shape index (κ2) is 8.14. The fraction of sp³-hybridized carbons (Fsp3) is 0.526. The van der Waals surface area contributed by atoms with Crippen LogP contribution in [0.5, 0.6) is 0 Å². The second-order valence-electron chi connectivity index (χ2n) is 7.75. The first-order valence-electron chi connectivity index (χ1n) is 8.18. The Morgan fingerprint density at radius 1 is 0.920 bits per heavy atom. The molecule has 138 valence electrons. The number of rotatable bonds is 5. The molecule has 0 aliphatic carbocycles. The second-order valence-corrected chi connectivity index (χ2v) is 7.75. The van der Waals surface area contributed by atoms with Crippen LogP contribution in [0.15, 0.2) is 30.3 Å². The summed E-state index contributed by atoms with van der Waals surface area (Å²) in [5.74, 6) is -1.80. The predicted octanol–water partition coefficient (Wildman–Crippen LogP) is 3.03. The minimum atomic E-state index is -1.06. The third kappa shape index (κ3) is 8.33. The fourth-order valence-corrected chi connectivity index (χ4v) is 1.98. The third-order valence-corrected chi connectivity index (χ3v) is 2.89. The molecule has 6 heteroatoms. The van der Waals surface area contributed by atoms with Gasteiger partial charge in [-0.15, -0.1) is 0 Å². The van der Waals surface area contributed by atoms with Gasteiger partial charge in [-0.25, -0.2) is 9.59 Å². The van der Waals surface area contributed by atoms with Crippen LogP contribution in [0.25, 0.3) is 0 Å². The van der Waals surface area contributed by atoms with Crippen molar-refractivity contribution in [1.82, 2.24) is 5.32 Å². The smallest absolute Gasteiger partial charge is 0.408 e. The Labute approximate surface area is 148 Å². The number of ketones is 1. The van der Waals surface area contributed by atoms with Gasteiger partial charge in [0, 0.05) is 6.42 Å². The topological polar surface area (TPSA) is 81.7 Å². The van der Waals surface area contributed by atoms with Crippen LogP contribution in [0.4, 0.5) is 4.79 Å². The van der Waals surface area contributed by atoms with Gasteiger partial charge in [0.2, 0.25) is 0 Å². The summed E-state index contributed by atoms with van der Waals surface area (Å²) < 4.78 is 10.3. The number of alkyl carbamates (subject to hydrolysis) is 1. The molecule has 0 saturated carbocycles. The van der Waals surface area contributed by atoms with Crippen molar-refractivity contribution in [2.24, 2.45) is 0 Å². The maximum atomic E-state index is 12.5. The van der Waals surface area contributed by atoms with Crippen LogP contribution in [0.3, 0.4) is 0 Å². The lowest BCUT2D eigenvalue weighted by Gasteiger charge is -2.24. The minimum absolute atomic E-state index is 0.165. The van der Waals surface area contributed by atoms with Gasteiger partial charge >= 0.3 is 12.1 Å². The monoisotopic (exact) mass is 349 g/mol. The van der Waals surface area contributed by atoms with Crippen LogP contribution in [0.1, 0.15) is 47.1 Å². The molecule has 1 aromatic rings. The summed E-state index contributed by atoms with van der Waals surface area (Å²) >= 11 is 0. The SMILES string of the molecule is CC(C)(C)OC(=O)N[C@H](Cc1ccccc1)C(=O)C(=O)OC(C)(C)C. The van der Waals surface area contributed by atoms with Gasteiger partial charge in [0.25, 0.3) is 5.78 Å². The van der Waals surface area contributed by atoms with Gasteiger partial charge < -0.3 is 14.8 Å². The third-order valence-electron chi connectivity index (χ3n) is 2.89. The first-order chi connectivity index (χ1) is 11.4. The average molecular weight is 349 g/mol. The van der Waals surface area contributed by atoms with Crippen molar-refractivity contribution in [3.05, 3.63) is 35.9 Å². The highest BCUT2D eigenvalue weighted by atomic mass is 16.6. The number of ether oxygens (including phenoxy) is 2. The number of benzene rings is 1. The molecule has 0 heterocycles. The lowest BCUT2D eigenvalue weighted by molar-refractivity contribution is -0.163. The van der Waals surface area contributed by atoms with Crippen LogP contribution in [0, 0.1) is 0 Å². The molecular formula is C19H27NO5. The van der Waals surface area contributed by atoms with Crippen molar-refractivity contribution >= 4 is 17.8 Å². The lowest BCUT2D eigenvalue weighted by atomic mass is 10.0. The summed E-state index contributed by atoms with van der Waals surface area (Å²) in [6, 6.07) is 8.04. The van der Waals surface area contributed by atoms with E-state index in [2.05, 4.69) is 5.32 Å². The molecule has 1 amide bonds. The molecule has 0 aromatic heterocycles. The zero-order valence-corrected chi connectivity index (χ0v) is 15.7. The summed E-state index contributed by atoms with van der Waals surface area (Å²) in [6.45, 7) is 10.2. The summed E-state index contributed by atoms with van der Waals surface area (Å²) in [6.07, 6.45) is -0.594. The lowest BCUT2D eigenvalue weighted by Crippen LogP contribution is -2.48. The van der Waals surface area contributed by atoms with Crippen molar-refractivity contribution in [2.75, 3.05) is 0 Å². The van der Waals surface area contributed by atoms with Gasteiger partial charge in [0.1, 0.15) is 17.2 Å². The van der Waals surface area contributed by atoms with E-state index in [0.717, 1.165) is 5.56 Å². The molecule has 0 fully saturated rings. The Morgan fingerprint density at radius 2 is 1.44 bits per heavy atom. The number of esters is 1. The molecule has 6 nitrogen and oxygen atoms in total. The van der Waals surface area contributed by atoms with Crippen molar-refractivity contribution in [3.63, 3.8) is 0 Å². The minimum Gasteiger partial charge on any atom is -0.454 e.